The molecule has 1 aliphatic rings. The van der Waals surface area contributed by atoms with Crippen LogP contribution in [-0.4, -0.2) is 37.6 Å². The maximum absolute atomic E-state index is 13.9. The van der Waals surface area contributed by atoms with Crippen molar-refractivity contribution < 1.29 is 18.0 Å². The molecule has 1 heterocycles. The zero-order chi connectivity index (χ0) is 24.2. The minimum atomic E-state index is -3.99. The van der Waals surface area contributed by atoms with Crippen LogP contribution in [-0.2, 0) is 26.0 Å². The first-order valence-electron chi connectivity index (χ1n) is 11.3. The Bertz CT molecular complexity index is 1130. The summed E-state index contributed by atoms with van der Waals surface area (Å²) >= 11 is 0. The second-order valence-corrected chi connectivity index (χ2v) is 10.9. The van der Waals surface area contributed by atoms with E-state index < -0.39 is 16.1 Å². The van der Waals surface area contributed by atoms with Crippen molar-refractivity contribution >= 4 is 27.5 Å². The van der Waals surface area contributed by atoms with Crippen molar-refractivity contribution in [2.75, 3.05) is 18.4 Å². The molecule has 0 radical (unpaired) electrons. The number of hydrogen-bond donors (Lipinski definition) is 2. The van der Waals surface area contributed by atoms with Crippen LogP contribution in [0.5, 0.6) is 0 Å². The van der Waals surface area contributed by atoms with Crippen molar-refractivity contribution in [2.45, 2.75) is 57.9 Å². The van der Waals surface area contributed by atoms with E-state index in [1.807, 2.05) is 31.2 Å². The molecule has 0 aromatic heterocycles. The summed E-state index contributed by atoms with van der Waals surface area (Å²) in [6, 6.07) is 12.0. The molecule has 0 fully saturated rings. The van der Waals surface area contributed by atoms with Crippen LogP contribution < -0.4 is 10.6 Å². The molecule has 2 aromatic rings. The highest BCUT2D eigenvalue weighted by atomic mass is 32.2. The average molecular weight is 472 g/mol. The van der Waals surface area contributed by atoms with E-state index >= 15 is 0 Å². The van der Waals surface area contributed by atoms with Gasteiger partial charge in [-0.3, -0.25) is 9.59 Å². The number of nitrogens with one attached hydrogen (secondary N) is 2. The van der Waals surface area contributed by atoms with Crippen molar-refractivity contribution in [3.8, 4) is 0 Å². The number of anilines is 1. The van der Waals surface area contributed by atoms with Crippen molar-refractivity contribution in [1.29, 1.82) is 0 Å². The predicted molar refractivity (Wildman–Crippen MR) is 129 cm³/mol. The first-order valence-corrected chi connectivity index (χ1v) is 12.8. The Hall–Kier alpha value is -2.71. The Morgan fingerprint density at radius 2 is 1.88 bits per heavy atom. The first-order chi connectivity index (χ1) is 15.6. The molecule has 8 heteroatoms. The van der Waals surface area contributed by atoms with E-state index in [4.69, 9.17) is 0 Å². The minimum absolute atomic E-state index is 0.0373. The zero-order valence-corrected chi connectivity index (χ0v) is 20.5. The number of rotatable bonds is 8. The molecule has 33 heavy (non-hydrogen) atoms. The SMILES string of the molecule is CC(=O)Nc1ccc(C)cc1S(=O)(=O)N1CCc2ccccc2[C@@H]1CC(=O)NCCC(C)C. The molecular weight excluding hydrogens is 438 g/mol. The highest BCUT2D eigenvalue weighted by Gasteiger charge is 2.38. The smallest absolute Gasteiger partial charge is 0.245 e. The standard InChI is InChI=1S/C25H33N3O4S/c1-17(2)11-13-26-25(30)16-23-21-8-6-5-7-20(21)12-14-28(23)33(31,32)24-15-18(3)9-10-22(24)27-19(4)29/h5-10,15,17,23H,11-14,16H2,1-4H3,(H,26,30)(H,27,29)/t23-/m0/s1. The molecule has 0 unspecified atom stereocenters. The third kappa shape index (κ3) is 6.00. The second kappa shape index (κ2) is 10.5. The van der Waals surface area contributed by atoms with E-state index in [1.54, 1.807) is 18.2 Å². The second-order valence-electron chi connectivity index (χ2n) is 9.00. The molecule has 178 valence electrons. The van der Waals surface area contributed by atoms with Crippen molar-refractivity contribution in [1.82, 2.24) is 9.62 Å². The lowest BCUT2D eigenvalue weighted by molar-refractivity contribution is -0.122. The summed E-state index contributed by atoms with van der Waals surface area (Å²) in [6.07, 6.45) is 1.45. The molecule has 1 aliphatic heterocycles. The molecule has 0 saturated heterocycles. The highest BCUT2D eigenvalue weighted by Crippen LogP contribution is 2.38. The molecule has 2 N–H and O–H groups in total. The summed E-state index contributed by atoms with van der Waals surface area (Å²) in [7, 11) is -3.99. The lowest BCUT2D eigenvalue weighted by Crippen LogP contribution is -2.42. The van der Waals surface area contributed by atoms with Crippen molar-refractivity contribution in [2.24, 2.45) is 5.92 Å². The lowest BCUT2D eigenvalue weighted by atomic mass is 9.92. The molecule has 7 nitrogen and oxygen atoms in total. The summed E-state index contributed by atoms with van der Waals surface area (Å²) in [5, 5.41) is 5.57. The van der Waals surface area contributed by atoms with Crippen LogP contribution in [0.25, 0.3) is 0 Å². The van der Waals surface area contributed by atoms with E-state index in [9.17, 15) is 18.0 Å². The van der Waals surface area contributed by atoms with E-state index in [2.05, 4.69) is 24.5 Å². The van der Waals surface area contributed by atoms with Crippen LogP contribution in [0, 0.1) is 12.8 Å². The Morgan fingerprint density at radius 3 is 2.58 bits per heavy atom. The summed E-state index contributed by atoms with van der Waals surface area (Å²) < 4.78 is 29.2. The molecule has 2 amide bonds. The first kappa shape index (κ1) is 24.9. The fourth-order valence-corrected chi connectivity index (χ4v) is 5.98. The molecule has 1 atom stereocenters. The van der Waals surface area contributed by atoms with Crippen LogP contribution in [0.2, 0.25) is 0 Å². The Balaban J connectivity index is 1.98. The van der Waals surface area contributed by atoms with Crippen LogP contribution >= 0.6 is 0 Å². The summed E-state index contributed by atoms with van der Waals surface area (Å²) in [4.78, 5) is 24.5. The van der Waals surface area contributed by atoms with Crippen LogP contribution in [0.1, 0.15) is 56.3 Å². The molecule has 0 spiro atoms. The van der Waals surface area contributed by atoms with Gasteiger partial charge in [-0.2, -0.15) is 4.31 Å². The van der Waals surface area contributed by atoms with Gasteiger partial charge in [0.1, 0.15) is 4.90 Å². The minimum Gasteiger partial charge on any atom is -0.356 e. The van der Waals surface area contributed by atoms with Gasteiger partial charge in [0.15, 0.2) is 0 Å². The van der Waals surface area contributed by atoms with Gasteiger partial charge in [0, 0.05) is 26.4 Å². The number of sulfonamides is 1. The molecule has 3 rings (SSSR count). The molecule has 0 aliphatic carbocycles. The molecular formula is C25H33N3O4S. The van der Waals surface area contributed by atoms with Gasteiger partial charge >= 0.3 is 0 Å². The van der Waals surface area contributed by atoms with Crippen LogP contribution in [0.15, 0.2) is 47.4 Å². The third-order valence-electron chi connectivity index (χ3n) is 5.82. The highest BCUT2D eigenvalue weighted by molar-refractivity contribution is 7.89. The summed E-state index contributed by atoms with van der Waals surface area (Å²) in [5.74, 6) is -0.0599. The molecule has 2 aromatic carbocycles. The van der Waals surface area contributed by atoms with Gasteiger partial charge in [-0.15, -0.1) is 0 Å². The fraction of sp³-hybridized carbons (Fsp3) is 0.440. The van der Waals surface area contributed by atoms with Gasteiger partial charge < -0.3 is 10.6 Å². The van der Waals surface area contributed by atoms with Gasteiger partial charge in [-0.1, -0.05) is 44.2 Å². The fourth-order valence-electron chi connectivity index (χ4n) is 4.14. The number of carbonyl (C=O) groups excluding carboxylic acids is 2. The number of aryl methyl sites for hydroxylation is 1. The van der Waals surface area contributed by atoms with Gasteiger partial charge in [-0.25, -0.2) is 8.42 Å². The summed E-state index contributed by atoms with van der Waals surface area (Å²) in [5.41, 5.74) is 2.91. The molecule has 0 saturated carbocycles. The monoisotopic (exact) mass is 471 g/mol. The van der Waals surface area contributed by atoms with E-state index in [1.165, 1.54) is 11.2 Å². The number of carbonyl (C=O) groups is 2. The van der Waals surface area contributed by atoms with Gasteiger partial charge in [0.25, 0.3) is 0 Å². The van der Waals surface area contributed by atoms with Gasteiger partial charge in [0.2, 0.25) is 21.8 Å². The van der Waals surface area contributed by atoms with Gasteiger partial charge in [0.05, 0.1) is 11.7 Å². The van der Waals surface area contributed by atoms with E-state index in [0.29, 0.717) is 18.9 Å². The van der Waals surface area contributed by atoms with E-state index in [-0.39, 0.29) is 35.4 Å². The quantitative estimate of drug-likeness (QED) is 0.612. The molecule has 0 bridgehead atoms. The van der Waals surface area contributed by atoms with E-state index in [0.717, 1.165) is 23.1 Å². The maximum atomic E-state index is 13.9. The normalized spacial score (nSPS) is 16.3. The number of amides is 2. The Kier molecular flexibility index (Phi) is 7.92. The number of nitrogens with zero attached hydrogens (tertiary/aromatic N) is 1. The predicted octanol–water partition coefficient (Wildman–Crippen LogP) is 3.79. The topological polar surface area (TPSA) is 95.6 Å². The van der Waals surface area contributed by atoms with Crippen molar-refractivity contribution in [3.63, 3.8) is 0 Å². The zero-order valence-electron chi connectivity index (χ0n) is 19.7. The van der Waals surface area contributed by atoms with Crippen LogP contribution in [0.4, 0.5) is 5.69 Å². The lowest BCUT2D eigenvalue weighted by Gasteiger charge is -2.36. The number of hydrogen-bond acceptors (Lipinski definition) is 4. The van der Waals surface area contributed by atoms with Crippen LogP contribution in [0.3, 0.4) is 0 Å². The average Bonchev–Trinajstić information content (AvgIpc) is 2.74. The maximum Gasteiger partial charge on any atom is 0.245 e. The largest absolute Gasteiger partial charge is 0.356 e. The Labute approximate surface area is 196 Å². The number of benzene rings is 2. The number of fused-ring (bicyclic) bond motifs is 1. The third-order valence-corrected chi connectivity index (χ3v) is 7.77. The van der Waals surface area contributed by atoms with Gasteiger partial charge in [-0.05, 0) is 54.5 Å². The summed E-state index contributed by atoms with van der Waals surface area (Å²) in [6.45, 7) is 8.15. The Morgan fingerprint density at radius 1 is 1.15 bits per heavy atom. The van der Waals surface area contributed by atoms with Crippen molar-refractivity contribution in [3.05, 3.63) is 59.2 Å².